The number of carbonyl (C=O) groups is 1. The lowest BCUT2D eigenvalue weighted by atomic mass is 10.1. The summed E-state index contributed by atoms with van der Waals surface area (Å²) in [5, 5.41) is 23.0. The summed E-state index contributed by atoms with van der Waals surface area (Å²) in [5.74, 6) is -0.412. The van der Waals surface area contributed by atoms with Gasteiger partial charge in [0.15, 0.2) is 0 Å². The van der Waals surface area contributed by atoms with Crippen molar-refractivity contribution in [3.8, 4) is 5.69 Å². The van der Waals surface area contributed by atoms with Gasteiger partial charge in [-0.25, -0.2) is 0 Å². The minimum Gasteiger partial charge on any atom is -0.322 e. The Morgan fingerprint density at radius 1 is 1.00 bits per heavy atom. The van der Waals surface area contributed by atoms with E-state index in [1.807, 2.05) is 44.2 Å². The number of nitrogens with zero attached hydrogens (tertiary/aromatic N) is 4. The number of hydrogen-bond acceptors (Lipinski definition) is 5. The van der Waals surface area contributed by atoms with E-state index >= 15 is 0 Å². The first kappa shape index (κ1) is 19.3. The van der Waals surface area contributed by atoms with Gasteiger partial charge in [-0.1, -0.05) is 23.8 Å². The molecule has 0 saturated heterocycles. The number of anilines is 1. The zero-order valence-electron chi connectivity index (χ0n) is 16.7. The Bertz CT molecular complexity index is 1290. The first-order valence-electron chi connectivity index (χ1n) is 9.33. The van der Waals surface area contributed by atoms with E-state index in [1.165, 1.54) is 12.1 Å². The number of rotatable bonds is 4. The third-order valence-corrected chi connectivity index (χ3v) is 4.99. The molecule has 1 heterocycles. The van der Waals surface area contributed by atoms with E-state index in [0.717, 1.165) is 16.8 Å². The molecule has 0 atom stereocenters. The molecule has 8 nitrogen and oxygen atoms in total. The van der Waals surface area contributed by atoms with Crippen molar-refractivity contribution in [1.29, 1.82) is 0 Å². The Morgan fingerprint density at radius 3 is 2.33 bits per heavy atom. The van der Waals surface area contributed by atoms with Crippen LogP contribution < -0.4 is 5.32 Å². The fourth-order valence-corrected chi connectivity index (χ4v) is 3.25. The summed E-state index contributed by atoms with van der Waals surface area (Å²) in [7, 11) is 0. The molecule has 4 aromatic rings. The number of aryl methyl sites for hydroxylation is 2. The highest BCUT2D eigenvalue weighted by molar-refractivity contribution is 6.06. The first-order chi connectivity index (χ1) is 14.3. The van der Waals surface area contributed by atoms with E-state index in [-0.39, 0.29) is 11.3 Å². The molecule has 30 heavy (non-hydrogen) atoms. The molecule has 0 saturated carbocycles. The highest BCUT2D eigenvalue weighted by Gasteiger charge is 2.19. The summed E-state index contributed by atoms with van der Waals surface area (Å²) in [6.07, 6.45) is 0. The van der Waals surface area contributed by atoms with Crippen molar-refractivity contribution in [3.05, 3.63) is 87.0 Å². The minimum absolute atomic E-state index is 0.0872. The molecule has 0 aliphatic rings. The van der Waals surface area contributed by atoms with Crippen LogP contribution in [0.25, 0.3) is 16.7 Å². The van der Waals surface area contributed by atoms with Gasteiger partial charge in [0.05, 0.1) is 10.6 Å². The van der Waals surface area contributed by atoms with E-state index in [9.17, 15) is 14.9 Å². The van der Waals surface area contributed by atoms with Gasteiger partial charge >= 0.3 is 0 Å². The smallest absolute Gasteiger partial charge is 0.273 e. The second kappa shape index (κ2) is 7.40. The van der Waals surface area contributed by atoms with Crippen LogP contribution in [0, 0.1) is 30.9 Å². The van der Waals surface area contributed by atoms with Crippen LogP contribution in [0.1, 0.15) is 27.0 Å². The fourth-order valence-electron chi connectivity index (χ4n) is 3.25. The molecule has 3 aromatic carbocycles. The maximum absolute atomic E-state index is 12.8. The average Bonchev–Trinajstić information content (AvgIpc) is 3.11. The molecule has 150 valence electrons. The van der Waals surface area contributed by atoms with Crippen molar-refractivity contribution >= 4 is 28.3 Å². The molecule has 1 aromatic heterocycles. The maximum Gasteiger partial charge on any atom is 0.273 e. The Hall–Kier alpha value is -4.07. The topological polar surface area (TPSA) is 103 Å². The monoisotopic (exact) mass is 401 g/mol. The standard InChI is InChI=1S/C22H19N5O3/c1-13-7-9-16(10-8-13)26-24-19-11-14(2)18(12-20(19)25-26)23-22(28)17-5-4-6-21(15(17)3)27(29)30/h4-12H,1-3H3,(H,23,28). The van der Waals surface area contributed by atoms with Crippen LogP contribution in [0.4, 0.5) is 11.4 Å². The number of fused-ring (bicyclic) bond motifs is 1. The molecule has 0 aliphatic heterocycles. The molecular weight excluding hydrogens is 382 g/mol. The molecule has 0 fully saturated rings. The van der Waals surface area contributed by atoms with Crippen LogP contribution in [0.5, 0.6) is 0 Å². The molecule has 0 spiro atoms. The fraction of sp³-hybridized carbons (Fsp3) is 0.136. The van der Waals surface area contributed by atoms with Crippen LogP contribution in [0.15, 0.2) is 54.6 Å². The molecule has 4 rings (SSSR count). The number of nitro benzene ring substituents is 1. The van der Waals surface area contributed by atoms with Gasteiger partial charge in [-0.2, -0.15) is 4.80 Å². The van der Waals surface area contributed by atoms with Gasteiger partial charge in [0.2, 0.25) is 0 Å². The quantitative estimate of drug-likeness (QED) is 0.400. The van der Waals surface area contributed by atoms with Crippen molar-refractivity contribution < 1.29 is 9.72 Å². The number of hydrogen-bond donors (Lipinski definition) is 1. The number of aromatic nitrogens is 3. The zero-order chi connectivity index (χ0) is 21.4. The lowest BCUT2D eigenvalue weighted by Gasteiger charge is -2.10. The number of benzene rings is 3. The van der Waals surface area contributed by atoms with E-state index in [2.05, 4.69) is 15.5 Å². The summed E-state index contributed by atoms with van der Waals surface area (Å²) in [6.45, 7) is 5.44. The summed E-state index contributed by atoms with van der Waals surface area (Å²) in [6, 6.07) is 15.9. The van der Waals surface area contributed by atoms with Crippen molar-refractivity contribution in [2.75, 3.05) is 5.32 Å². The summed E-state index contributed by atoms with van der Waals surface area (Å²) in [5.41, 5.74) is 5.21. The van der Waals surface area contributed by atoms with Crippen LogP contribution in [0.2, 0.25) is 0 Å². The number of nitrogens with one attached hydrogen (secondary N) is 1. The van der Waals surface area contributed by atoms with Gasteiger partial charge in [0, 0.05) is 22.9 Å². The molecular formula is C22H19N5O3. The maximum atomic E-state index is 12.8. The second-order valence-corrected chi connectivity index (χ2v) is 7.14. The van der Waals surface area contributed by atoms with Crippen LogP contribution in [-0.4, -0.2) is 25.8 Å². The molecule has 0 unspecified atom stereocenters. The van der Waals surface area contributed by atoms with E-state index < -0.39 is 10.8 Å². The first-order valence-corrected chi connectivity index (χ1v) is 9.33. The van der Waals surface area contributed by atoms with Crippen molar-refractivity contribution in [3.63, 3.8) is 0 Å². The van der Waals surface area contributed by atoms with Gasteiger partial charge in [-0.3, -0.25) is 14.9 Å². The Balaban J connectivity index is 1.67. The van der Waals surface area contributed by atoms with Crippen molar-refractivity contribution in [2.45, 2.75) is 20.8 Å². The largest absolute Gasteiger partial charge is 0.322 e. The second-order valence-electron chi connectivity index (χ2n) is 7.14. The predicted octanol–water partition coefficient (Wildman–Crippen LogP) is 4.51. The molecule has 1 N–H and O–H groups in total. The van der Waals surface area contributed by atoms with Gasteiger partial charge in [0.1, 0.15) is 11.0 Å². The summed E-state index contributed by atoms with van der Waals surface area (Å²) in [4.78, 5) is 25.0. The van der Waals surface area contributed by atoms with Gasteiger partial charge in [-0.05, 0) is 56.7 Å². The highest BCUT2D eigenvalue weighted by atomic mass is 16.6. The third-order valence-electron chi connectivity index (χ3n) is 4.99. The van der Waals surface area contributed by atoms with Crippen LogP contribution in [-0.2, 0) is 0 Å². The van der Waals surface area contributed by atoms with Gasteiger partial charge < -0.3 is 5.32 Å². The summed E-state index contributed by atoms with van der Waals surface area (Å²) < 4.78 is 0. The Kier molecular flexibility index (Phi) is 4.75. The lowest BCUT2D eigenvalue weighted by Crippen LogP contribution is -2.14. The van der Waals surface area contributed by atoms with Crippen molar-refractivity contribution in [1.82, 2.24) is 15.0 Å². The normalized spacial score (nSPS) is 10.9. The SMILES string of the molecule is Cc1ccc(-n2nc3cc(C)c(NC(=O)c4cccc([N+](=O)[O-])c4C)cc3n2)cc1. The molecule has 8 heteroatoms. The van der Waals surface area contributed by atoms with E-state index in [4.69, 9.17) is 0 Å². The third kappa shape index (κ3) is 3.50. The van der Waals surface area contributed by atoms with Crippen LogP contribution in [0.3, 0.4) is 0 Å². The zero-order valence-corrected chi connectivity index (χ0v) is 16.7. The average molecular weight is 401 g/mol. The number of carbonyl (C=O) groups excluding carboxylic acids is 1. The van der Waals surface area contributed by atoms with Gasteiger partial charge in [0.25, 0.3) is 11.6 Å². The summed E-state index contributed by atoms with van der Waals surface area (Å²) >= 11 is 0. The Labute approximate surface area is 172 Å². The molecule has 0 aliphatic carbocycles. The highest BCUT2D eigenvalue weighted by Crippen LogP contribution is 2.25. The van der Waals surface area contributed by atoms with Crippen molar-refractivity contribution in [2.24, 2.45) is 0 Å². The van der Waals surface area contributed by atoms with Crippen LogP contribution >= 0.6 is 0 Å². The number of amides is 1. The van der Waals surface area contributed by atoms with E-state index in [1.54, 1.807) is 23.9 Å². The lowest BCUT2D eigenvalue weighted by molar-refractivity contribution is -0.385. The molecule has 1 amide bonds. The number of nitro groups is 1. The minimum atomic E-state index is -0.493. The van der Waals surface area contributed by atoms with Gasteiger partial charge in [-0.15, -0.1) is 10.2 Å². The molecule has 0 radical (unpaired) electrons. The Morgan fingerprint density at radius 2 is 1.67 bits per heavy atom. The van der Waals surface area contributed by atoms with E-state index in [0.29, 0.717) is 22.3 Å². The predicted molar refractivity (Wildman–Crippen MR) is 114 cm³/mol. The molecule has 0 bridgehead atoms.